The van der Waals surface area contributed by atoms with Crippen molar-refractivity contribution in [3.8, 4) is 0 Å². The highest BCUT2D eigenvalue weighted by atomic mass is 16.5. The van der Waals surface area contributed by atoms with Gasteiger partial charge in [0.25, 0.3) is 0 Å². The van der Waals surface area contributed by atoms with E-state index in [0.29, 0.717) is 11.3 Å². The molecule has 20 heavy (non-hydrogen) atoms. The number of carbonyl (C=O) groups is 3. The summed E-state index contributed by atoms with van der Waals surface area (Å²) in [6.45, 7) is 2.50. The van der Waals surface area contributed by atoms with Crippen LogP contribution in [0.4, 0.5) is 0 Å². The molecule has 108 valence electrons. The first-order valence-electron chi connectivity index (χ1n) is 6.24. The summed E-state index contributed by atoms with van der Waals surface area (Å²) in [5.41, 5.74) is 0.971. The molecule has 0 saturated carbocycles. The van der Waals surface area contributed by atoms with E-state index in [0.717, 1.165) is 0 Å². The van der Waals surface area contributed by atoms with Crippen LogP contribution in [0.2, 0.25) is 0 Å². The lowest BCUT2D eigenvalue weighted by molar-refractivity contribution is -0.136. The lowest BCUT2D eigenvalue weighted by atomic mass is 10.2. The molecule has 2 heterocycles. The first kappa shape index (κ1) is 14.2. The summed E-state index contributed by atoms with van der Waals surface area (Å²) in [5, 5.41) is 6.25. The zero-order valence-electron chi connectivity index (χ0n) is 11.4. The van der Waals surface area contributed by atoms with E-state index in [1.165, 1.54) is 6.20 Å². The number of amides is 2. The number of piperazine rings is 1. The molecule has 1 saturated heterocycles. The van der Waals surface area contributed by atoms with Crippen LogP contribution in [0.25, 0.3) is 0 Å². The zero-order valence-corrected chi connectivity index (χ0v) is 11.4. The molecule has 0 unspecified atom stereocenters. The van der Waals surface area contributed by atoms with E-state index in [1.807, 2.05) is 0 Å². The van der Waals surface area contributed by atoms with Crippen LogP contribution in [-0.4, -0.2) is 52.2 Å². The molecule has 8 heteroatoms. The zero-order chi connectivity index (χ0) is 14.7. The number of hydrogen-bond acceptors (Lipinski definition) is 6. The molecule has 2 amide bonds. The summed E-state index contributed by atoms with van der Waals surface area (Å²) < 4.78 is 6.50. The summed E-state index contributed by atoms with van der Waals surface area (Å²) in [7, 11) is 1.70. The second kappa shape index (κ2) is 5.83. The molecule has 1 aliphatic rings. The summed E-state index contributed by atoms with van der Waals surface area (Å²) in [6.07, 6.45) is 1.43. The minimum absolute atomic E-state index is 0.110. The van der Waals surface area contributed by atoms with Gasteiger partial charge in [-0.3, -0.25) is 24.5 Å². The Morgan fingerprint density at radius 2 is 2.05 bits per heavy atom. The summed E-state index contributed by atoms with van der Waals surface area (Å²) in [4.78, 5) is 36.1. The largest absolute Gasteiger partial charge is 0.462 e. The molecule has 0 spiro atoms. The SMILES string of the molecule is CCOC(=O)c1cnn(C)c1CN1CC(=O)NC(=O)C1. The van der Waals surface area contributed by atoms with Crippen molar-refractivity contribution in [2.45, 2.75) is 13.5 Å². The van der Waals surface area contributed by atoms with Gasteiger partial charge in [0.05, 0.1) is 31.6 Å². The smallest absolute Gasteiger partial charge is 0.341 e. The van der Waals surface area contributed by atoms with E-state index < -0.39 is 5.97 Å². The first-order valence-corrected chi connectivity index (χ1v) is 6.24. The second-order valence-corrected chi connectivity index (χ2v) is 4.47. The Hall–Kier alpha value is -2.22. The van der Waals surface area contributed by atoms with Gasteiger partial charge < -0.3 is 4.74 Å². The first-order chi connectivity index (χ1) is 9.51. The van der Waals surface area contributed by atoms with Crippen molar-refractivity contribution < 1.29 is 19.1 Å². The summed E-state index contributed by atoms with van der Waals surface area (Å²) in [5.74, 6) is -1.15. The summed E-state index contributed by atoms with van der Waals surface area (Å²) in [6, 6.07) is 0. The molecular weight excluding hydrogens is 264 g/mol. The molecular formula is C12H16N4O4. The van der Waals surface area contributed by atoms with Gasteiger partial charge in [0.1, 0.15) is 5.56 Å². The molecule has 2 rings (SSSR count). The standard InChI is InChI=1S/C12H16N4O4/c1-3-20-12(19)8-4-13-15(2)9(8)5-16-6-10(17)14-11(18)7-16/h4H,3,5-7H2,1-2H3,(H,14,17,18). The maximum Gasteiger partial charge on any atom is 0.341 e. The molecule has 1 aromatic rings. The number of carbonyl (C=O) groups excluding carboxylic acids is 3. The van der Waals surface area contributed by atoms with Crippen LogP contribution >= 0.6 is 0 Å². The Morgan fingerprint density at radius 1 is 1.40 bits per heavy atom. The van der Waals surface area contributed by atoms with Gasteiger partial charge in [-0.15, -0.1) is 0 Å². The van der Waals surface area contributed by atoms with Gasteiger partial charge >= 0.3 is 5.97 Å². The fourth-order valence-corrected chi connectivity index (χ4v) is 2.05. The number of aromatic nitrogens is 2. The van der Waals surface area contributed by atoms with E-state index in [4.69, 9.17) is 4.74 Å². The Bertz CT molecular complexity index is 536. The fourth-order valence-electron chi connectivity index (χ4n) is 2.05. The molecule has 1 N–H and O–H groups in total. The number of nitrogens with one attached hydrogen (secondary N) is 1. The Morgan fingerprint density at radius 3 is 2.65 bits per heavy atom. The number of aryl methyl sites for hydroxylation is 1. The number of ether oxygens (including phenoxy) is 1. The minimum Gasteiger partial charge on any atom is -0.462 e. The predicted molar refractivity (Wildman–Crippen MR) is 67.6 cm³/mol. The third kappa shape index (κ3) is 3.02. The number of esters is 1. The topological polar surface area (TPSA) is 93.5 Å². The Balaban J connectivity index is 2.16. The van der Waals surface area contributed by atoms with Crippen molar-refractivity contribution in [3.05, 3.63) is 17.5 Å². The summed E-state index contributed by atoms with van der Waals surface area (Å²) >= 11 is 0. The maximum absolute atomic E-state index is 11.8. The maximum atomic E-state index is 11.8. The molecule has 1 aliphatic heterocycles. The van der Waals surface area contributed by atoms with Gasteiger partial charge in [0.2, 0.25) is 11.8 Å². The van der Waals surface area contributed by atoms with Crippen LogP contribution in [0.15, 0.2) is 6.20 Å². The quantitative estimate of drug-likeness (QED) is 0.565. The molecule has 0 aliphatic carbocycles. The normalized spacial score (nSPS) is 16.1. The predicted octanol–water partition coefficient (Wildman–Crippen LogP) is -0.945. The van der Waals surface area contributed by atoms with Crippen LogP contribution < -0.4 is 5.32 Å². The fraction of sp³-hybridized carbons (Fsp3) is 0.500. The number of imide groups is 1. The van der Waals surface area contributed by atoms with Gasteiger partial charge in [0, 0.05) is 13.6 Å². The van der Waals surface area contributed by atoms with E-state index in [9.17, 15) is 14.4 Å². The van der Waals surface area contributed by atoms with Crippen molar-refractivity contribution in [2.24, 2.45) is 7.05 Å². The van der Waals surface area contributed by atoms with Gasteiger partial charge in [-0.05, 0) is 6.92 Å². The van der Waals surface area contributed by atoms with Crippen molar-refractivity contribution in [1.29, 1.82) is 0 Å². The number of rotatable bonds is 4. The van der Waals surface area contributed by atoms with Crippen LogP contribution in [0, 0.1) is 0 Å². The van der Waals surface area contributed by atoms with Crippen molar-refractivity contribution in [2.75, 3.05) is 19.7 Å². The third-order valence-corrected chi connectivity index (χ3v) is 2.94. The van der Waals surface area contributed by atoms with E-state index >= 15 is 0 Å². The van der Waals surface area contributed by atoms with Crippen molar-refractivity contribution in [1.82, 2.24) is 20.0 Å². The second-order valence-electron chi connectivity index (χ2n) is 4.47. The minimum atomic E-state index is -0.455. The Labute approximate surface area is 115 Å². The van der Waals surface area contributed by atoms with Gasteiger partial charge in [-0.2, -0.15) is 5.10 Å². The van der Waals surface area contributed by atoms with Crippen LogP contribution in [0.3, 0.4) is 0 Å². The molecule has 0 radical (unpaired) electrons. The van der Waals surface area contributed by atoms with Gasteiger partial charge in [-0.1, -0.05) is 0 Å². The van der Waals surface area contributed by atoms with Crippen LogP contribution in [0.5, 0.6) is 0 Å². The Kier molecular flexibility index (Phi) is 4.14. The van der Waals surface area contributed by atoms with E-state index in [1.54, 1.807) is 23.6 Å². The van der Waals surface area contributed by atoms with Crippen LogP contribution in [-0.2, 0) is 27.9 Å². The lowest BCUT2D eigenvalue weighted by Gasteiger charge is -2.25. The molecule has 1 fully saturated rings. The average molecular weight is 280 g/mol. The highest BCUT2D eigenvalue weighted by molar-refractivity contribution is 5.99. The number of hydrogen-bond donors (Lipinski definition) is 1. The molecule has 0 atom stereocenters. The van der Waals surface area contributed by atoms with Gasteiger partial charge in [-0.25, -0.2) is 4.79 Å². The lowest BCUT2D eigenvalue weighted by Crippen LogP contribution is -2.51. The third-order valence-electron chi connectivity index (χ3n) is 2.94. The molecule has 0 bridgehead atoms. The molecule has 0 aromatic carbocycles. The van der Waals surface area contributed by atoms with Crippen molar-refractivity contribution in [3.63, 3.8) is 0 Å². The van der Waals surface area contributed by atoms with Crippen molar-refractivity contribution >= 4 is 17.8 Å². The monoisotopic (exact) mass is 280 g/mol. The van der Waals surface area contributed by atoms with E-state index in [2.05, 4.69) is 10.4 Å². The number of nitrogens with zero attached hydrogens (tertiary/aromatic N) is 3. The molecule has 1 aromatic heterocycles. The molecule has 8 nitrogen and oxygen atoms in total. The van der Waals surface area contributed by atoms with E-state index in [-0.39, 0.29) is 38.1 Å². The van der Waals surface area contributed by atoms with Gasteiger partial charge in [0.15, 0.2) is 0 Å². The van der Waals surface area contributed by atoms with Crippen LogP contribution in [0.1, 0.15) is 23.0 Å². The highest BCUT2D eigenvalue weighted by Crippen LogP contribution is 2.13. The average Bonchev–Trinajstić information content (AvgIpc) is 2.70. The highest BCUT2D eigenvalue weighted by Gasteiger charge is 2.25.